The van der Waals surface area contributed by atoms with Crippen LogP contribution in [0.5, 0.6) is 0 Å². The van der Waals surface area contributed by atoms with Gasteiger partial charge in [-0.25, -0.2) is 14.6 Å². The van der Waals surface area contributed by atoms with Gasteiger partial charge in [-0.2, -0.15) is 0 Å². The standard InChI is InChI=1S/C45H43N9O7/c55-39(23-32-7-5-21-51(32)41(57)26-53-36-11-3-1-9-34(36)49-44(53)59)47-30-17-13-28(14-18-30)38-25-46-43(61-38)29-15-19-31(20-16-29)48-40(56)24-33-8-6-22-52(33)42(58)27-54-37-12-4-2-10-35(37)50-45(54)60/h1-4,9-20,25,32-33H,5-8,21-24,26-27H2,(H,47,55)(H,48,56)(H,49,59)(H,50,60)/t32-,33-/m0/s1. The summed E-state index contributed by atoms with van der Waals surface area (Å²) in [5.74, 6) is 0.103. The molecule has 0 aliphatic carbocycles. The third-order valence-electron chi connectivity index (χ3n) is 11.6. The number of hydrogen-bond acceptors (Lipinski definition) is 8. The van der Waals surface area contributed by atoms with Gasteiger partial charge in [0.25, 0.3) is 0 Å². The van der Waals surface area contributed by atoms with Crippen LogP contribution in [-0.2, 0) is 32.3 Å². The van der Waals surface area contributed by atoms with Crippen LogP contribution in [0.2, 0.25) is 0 Å². The quantitative estimate of drug-likeness (QED) is 0.127. The molecule has 310 valence electrons. The number of likely N-dealkylation sites (tertiary alicyclic amines) is 2. The molecule has 2 aliphatic rings. The topological polar surface area (TPSA) is 200 Å². The van der Waals surface area contributed by atoms with Gasteiger partial charge in [-0.1, -0.05) is 24.3 Å². The van der Waals surface area contributed by atoms with Crippen molar-refractivity contribution in [3.63, 3.8) is 0 Å². The van der Waals surface area contributed by atoms with Crippen molar-refractivity contribution >= 4 is 57.1 Å². The minimum Gasteiger partial charge on any atom is -0.436 e. The lowest BCUT2D eigenvalue weighted by Crippen LogP contribution is -2.40. The van der Waals surface area contributed by atoms with Crippen molar-refractivity contribution in [2.75, 3.05) is 23.7 Å². The van der Waals surface area contributed by atoms with Crippen LogP contribution in [0.4, 0.5) is 11.4 Å². The monoisotopic (exact) mass is 821 g/mol. The van der Waals surface area contributed by atoms with Crippen LogP contribution < -0.4 is 22.0 Å². The zero-order valence-electron chi connectivity index (χ0n) is 33.1. The van der Waals surface area contributed by atoms with Crippen molar-refractivity contribution in [1.82, 2.24) is 33.9 Å². The number of rotatable bonds is 12. The number of aromatic amines is 2. The molecule has 0 spiro atoms. The lowest BCUT2D eigenvalue weighted by Gasteiger charge is -2.24. The van der Waals surface area contributed by atoms with Crippen molar-refractivity contribution in [2.24, 2.45) is 0 Å². The molecule has 61 heavy (non-hydrogen) atoms. The van der Waals surface area contributed by atoms with Gasteiger partial charge in [0.05, 0.1) is 28.3 Å². The van der Waals surface area contributed by atoms with E-state index in [4.69, 9.17) is 4.42 Å². The predicted octanol–water partition coefficient (Wildman–Crippen LogP) is 5.33. The summed E-state index contributed by atoms with van der Waals surface area (Å²) in [4.78, 5) is 91.3. The predicted molar refractivity (Wildman–Crippen MR) is 228 cm³/mol. The van der Waals surface area contributed by atoms with Gasteiger partial charge < -0.3 is 34.8 Å². The van der Waals surface area contributed by atoms with Crippen molar-refractivity contribution in [3.8, 4) is 22.8 Å². The van der Waals surface area contributed by atoms with E-state index < -0.39 is 0 Å². The highest BCUT2D eigenvalue weighted by Gasteiger charge is 2.32. The van der Waals surface area contributed by atoms with Gasteiger partial charge in [0.1, 0.15) is 13.1 Å². The number of hydrogen-bond donors (Lipinski definition) is 4. The van der Waals surface area contributed by atoms with Crippen molar-refractivity contribution in [1.29, 1.82) is 0 Å². The van der Waals surface area contributed by atoms with E-state index in [-0.39, 0.29) is 73.0 Å². The molecule has 5 heterocycles. The molecule has 3 aromatic heterocycles. The fraction of sp³-hybridized carbons (Fsp3) is 0.267. The Morgan fingerprint density at radius 1 is 0.623 bits per heavy atom. The molecule has 2 fully saturated rings. The maximum Gasteiger partial charge on any atom is 0.326 e. The molecule has 0 radical (unpaired) electrons. The second-order valence-electron chi connectivity index (χ2n) is 15.5. The van der Waals surface area contributed by atoms with Gasteiger partial charge in [-0.15, -0.1) is 0 Å². The van der Waals surface area contributed by atoms with Crippen LogP contribution in [0.15, 0.2) is 117 Å². The molecule has 9 rings (SSSR count). The number of benzene rings is 4. The lowest BCUT2D eigenvalue weighted by molar-refractivity contribution is -0.134. The van der Waals surface area contributed by atoms with E-state index in [9.17, 15) is 28.8 Å². The molecule has 2 aliphatic heterocycles. The third-order valence-corrected chi connectivity index (χ3v) is 11.6. The Bertz CT molecular complexity index is 2690. The fourth-order valence-corrected chi connectivity index (χ4v) is 8.54. The smallest absolute Gasteiger partial charge is 0.326 e. The minimum atomic E-state index is -0.343. The summed E-state index contributed by atoms with van der Waals surface area (Å²) in [5.41, 5.74) is 4.64. The molecule has 4 aromatic carbocycles. The van der Waals surface area contributed by atoms with E-state index in [0.717, 1.165) is 18.4 Å². The number of carbonyl (C=O) groups excluding carboxylic acids is 4. The summed E-state index contributed by atoms with van der Waals surface area (Å²) in [5, 5.41) is 5.86. The summed E-state index contributed by atoms with van der Waals surface area (Å²) in [6, 6.07) is 28.3. The van der Waals surface area contributed by atoms with Crippen molar-refractivity contribution < 1.29 is 23.6 Å². The molecule has 2 atom stereocenters. The Morgan fingerprint density at radius 3 is 1.57 bits per heavy atom. The zero-order valence-corrected chi connectivity index (χ0v) is 33.1. The Morgan fingerprint density at radius 2 is 1.08 bits per heavy atom. The van der Waals surface area contributed by atoms with Crippen LogP contribution >= 0.6 is 0 Å². The molecular formula is C45H43N9O7. The second-order valence-corrected chi connectivity index (χ2v) is 15.5. The molecule has 4 amide bonds. The number of aromatic nitrogens is 5. The van der Waals surface area contributed by atoms with Crippen LogP contribution in [-0.4, -0.2) is 82.7 Å². The first kappa shape index (κ1) is 39.0. The SMILES string of the molecule is O=C(C[C@@H]1CCCN1C(=O)Cn1c(=O)[nH]c2ccccc21)Nc1ccc(-c2cnc(-c3ccc(NC(=O)C[C@@H]4CCCN4C(=O)Cn4c(=O)[nH]c5ccccc54)cc3)o2)cc1. The van der Waals surface area contributed by atoms with E-state index in [0.29, 0.717) is 76.6 Å². The molecule has 16 heteroatoms. The van der Waals surface area contributed by atoms with Gasteiger partial charge in [0, 0.05) is 60.5 Å². The number of oxazole rings is 1. The number of imidazole rings is 2. The number of H-pyrrole nitrogens is 2. The molecule has 7 aromatic rings. The van der Waals surface area contributed by atoms with Gasteiger partial charge in [0.2, 0.25) is 29.5 Å². The Balaban J connectivity index is 0.757. The number of nitrogens with zero attached hydrogens (tertiary/aromatic N) is 5. The molecule has 4 N–H and O–H groups in total. The average Bonchev–Trinajstić information content (AvgIpc) is 4.11. The minimum absolute atomic E-state index is 0.0959. The van der Waals surface area contributed by atoms with Crippen LogP contribution in [0.3, 0.4) is 0 Å². The highest BCUT2D eigenvalue weighted by atomic mass is 16.4. The fourth-order valence-electron chi connectivity index (χ4n) is 8.54. The third kappa shape index (κ3) is 8.24. The molecular weight excluding hydrogens is 779 g/mol. The molecule has 16 nitrogen and oxygen atoms in total. The van der Waals surface area contributed by atoms with E-state index >= 15 is 0 Å². The molecule has 2 saturated heterocycles. The normalized spacial score (nSPS) is 16.4. The summed E-state index contributed by atoms with van der Waals surface area (Å²) in [6.07, 6.45) is 4.87. The largest absolute Gasteiger partial charge is 0.436 e. The first-order valence-corrected chi connectivity index (χ1v) is 20.4. The van der Waals surface area contributed by atoms with Crippen molar-refractivity contribution in [3.05, 3.63) is 124 Å². The summed E-state index contributed by atoms with van der Waals surface area (Å²) in [6.45, 7) is 0.875. The number of fused-ring (bicyclic) bond motifs is 2. The lowest BCUT2D eigenvalue weighted by atomic mass is 10.1. The van der Waals surface area contributed by atoms with Crippen LogP contribution in [0.1, 0.15) is 38.5 Å². The Labute approximate surface area is 348 Å². The number of amides is 4. The average molecular weight is 822 g/mol. The number of carbonyl (C=O) groups is 4. The number of nitrogens with one attached hydrogen (secondary N) is 4. The van der Waals surface area contributed by atoms with Gasteiger partial charge >= 0.3 is 11.4 Å². The number of para-hydroxylation sites is 4. The highest BCUT2D eigenvalue weighted by molar-refractivity contribution is 5.93. The highest BCUT2D eigenvalue weighted by Crippen LogP contribution is 2.29. The maximum absolute atomic E-state index is 13.3. The van der Waals surface area contributed by atoms with E-state index in [1.807, 2.05) is 36.4 Å². The zero-order chi connectivity index (χ0) is 42.0. The Hall–Kier alpha value is -7.49. The Kier molecular flexibility index (Phi) is 10.6. The maximum atomic E-state index is 13.3. The summed E-state index contributed by atoms with van der Waals surface area (Å²) < 4.78 is 8.94. The van der Waals surface area contributed by atoms with Crippen molar-refractivity contribution in [2.45, 2.75) is 63.7 Å². The summed E-state index contributed by atoms with van der Waals surface area (Å²) >= 11 is 0. The van der Waals surface area contributed by atoms with Crippen LogP contribution in [0, 0.1) is 0 Å². The van der Waals surface area contributed by atoms with E-state index in [1.54, 1.807) is 76.7 Å². The van der Waals surface area contributed by atoms with E-state index in [1.165, 1.54) is 9.13 Å². The van der Waals surface area contributed by atoms with Gasteiger partial charge in [-0.3, -0.25) is 28.3 Å². The molecule has 0 unspecified atom stereocenters. The first-order chi connectivity index (χ1) is 29.7. The number of anilines is 2. The van der Waals surface area contributed by atoms with Gasteiger partial charge in [0.15, 0.2) is 5.76 Å². The first-order valence-electron chi connectivity index (χ1n) is 20.4. The molecule has 0 saturated carbocycles. The van der Waals surface area contributed by atoms with Gasteiger partial charge in [-0.05, 0) is 98.5 Å². The van der Waals surface area contributed by atoms with Crippen LogP contribution in [0.25, 0.3) is 44.8 Å². The molecule has 0 bridgehead atoms. The van der Waals surface area contributed by atoms with E-state index in [2.05, 4.69) is 25.6 Å². The summed E-state index contributed by atoms with van der Waals surface area (Å²) in [7, 11) is 0. The second kappa shape index (κ2) is 16.6.